The first-order valence-electron chi connectivity index (χ1n) is 16.3. The summed E-state index contributed by atoms with van der Waals surface area (Å²) in [6, 6.07) is 8.07. The van der Waals surface area contributed by atoms with Gasteiger partial charge in [-0.25, -0.2) is 4.39 Å². The van der Waals surface area contributed by atoms with E-state index >= 15 is 4.39 Å². The predicted molar refractivity (Wildman–Crippen MR) is 172 cm³/mol. The van der Waals surface area contributed by atoms with Crippen molar-refractivity contribution in [3.8, 4) is 11.5 Å². The molecule has 3 aliphatic rings. The van der Waals surface area contributed by atoms with Crippen LogP contribution in [0.2, 0.25) is 0 Å². The van der Waals surface area contributed by atoms with Crippen molar-refractivity contribution in [1.29, 1.82) is 0 Å². The largest absolute Gasteiger partial charge is 0.493 e. The molecule has 2 aliphatic carbocycles. The highest BCUT2D eigenvalue weighted by Crippen LogP contribution is 2.51. The van der Waals surface area contributed by atoms with Gasteiger partial charge in [0.2, 0.25) is 11.8 Å². The zero-order valence-corrected chi connectivity index (χ0v) is 27.4. The summed E-state index contributed by atoms with van der Waals surface area (Å²) >= 11 is 0. The van der Waals surface area contributed by atoms with Crippen LogP contribution in [0.15, 0.2) is 48.0 Å². The van der Waals surface area contributed by atoms with Crippen molar-refractivity contribution >= 4 is 18.1 Å². The number of fused-ring (bicyclic) bond motifs is 3. The maximum absolute atomic E-state index is 15.0. The Labute approximate surface area is 274 Å². The first kappa shape index (κ1) is 34.5. The van der Waals surface area contributed by atoms with E-state index in [2.05, 4.69) is 26.1 Å². The number of amides is 2. The summed E-state index contributed by atoms with van der Waals surface area (Å²) < 4.78 is 33.1. The lowest BCUT2D eigenvalue weighted by Crippen LogP contribution is -2.56. The molecule has 1 aliphatic heterocycles. The molecule has 0 spiro atoms. The number of aldehydes is 1. The Morgan fingerprint density at radius 2 is 1.98 bits per heavy atom. The Kier molecular flexibility index (Phi) is 11.0. The third-order valence-corrected chi connectivity index (χ3v) is 9.77. The summed E-state index contributed by atoms with van der Waals surface area (Å²) in [6.45, 7) is 5.66. The summed E-state index contributed by atoms with van der Waals surface area (Å²) in [5.41, 5.74) is 1.17. The van der Waals surface area contributed by atoms with Crippen LogP contribution in [0.5, 0.6) is 11.5 Å². The smallest absolute Gasteiger partial charge is 0.249 e. The van der Waals surface area contributed by atoms with E-state index < -0.39 is 41.8 Å². The molecule has 47 heavy (non-hydrogen) atoms. The number of ether oxygens (including phenoxy) is 3. The molecule has 11 heteroatoms. The highest BCUT2D eigenvalue weighted by Gasteiger charge is 2.51. The molecule has 3 N–H and O–H groups in total. The second-order valence-corrected chi connectivity index (χ2v) is 13.2. The van der Waals surface area contributed by atoms with Crippen molar-refractivity contribution < 1.29 is 43.2 Å². The van der Waals surface area contributed by atoms with Gasteiger partial charge in [0.15, 0.2) is 11.5 Å². The third kappa shape index (κ3) is 7.22. The zero-order valence-electron chi connectivity index (χ0n) is 27.4. The van der Waals surface area contributed by atoms with Crippen molar-refractivity contribution in [2.24, 2.45) is 17.8 Å². The van der Waals surface area contributed by atoms with Gasteiger partial charge in [-0.05, 0) is 54.9 Å². The maximum atomic E-state index is 15.0. The van der Waals surface area contributed by atoms with E-state index in [1.54, 1.807) is 24.3 Å². The molecular weight excluding hydrogens is 607 g/mol. The fourth-order valence-electron chi connectivity index (χ4n) is 7.30. The molecule has 1 heterocycles. The monoisotopic (exact) mass is 652 g/mol. The van der Waals surface area contributed by atoms with Gasteiger partial charge >= 0.3 is 0 Å². The van der Waals surface area contributed by atoms with Crippen molar-refractivity contribution in [1.82, 2.24) is 10.2 Å². The van der Waals surface area contributed by atoms with Crippen molar-refractivity contribution in [3.05, 3.63) is 70.6 Å². The lowest BCUT2D eigenvalue weighted by atomic mass is 9.75. The van der Waals surface area contributed by atoms with Gasteiger partial charge in [0, 0.05) is 35.4 Å². The van der Waals surface area contributed by atoms with E-state index in [-0.39, 0.29) is 55.0 Å². The Morgan fingerprint density at radius 3 is 2.66 bits per heavy atom. The van der Waals surface area contributed by atoms with E-state index in [4.69, 9.17) is 14.2 Å². The first-order valence-corrected chi connectivity index (χ1v) is 16.3. The number of aliphatic hydroxyl groups excluding tert-OH is 2. The van der Waals surface area contributed by atoms with E-state index in [1.807, 2.05) is 0 Å². The average molecular weight is 653 g/mol. The molecule has 7 atom stereocenters. The molecule has 2 aromatic rings. The summed E-state index contributed by atoms with van der Waals surface area (Å²) in [5.74, 6) is -0.701. The number of halogens is 1. The number of carbonyl (C=O) groups is 3. The summed E-state index contributed by atoms with van der Waals surface area (Å²) in [6.07, 6.45) is 2.55. The average Bonchev–Trinajstić information content (AvgIpc) is 3.45. The SMILES string of the molecule is COc1cc(C=O)cc2c1OC1C2C(C(=O)NCCO)=CC(N(Cc2ccccc2F)C(=O)COC2CC(C)CCC2C(C)C)C1O. The number of hydrogen-bond acceptors (Lipinski definition) is 8. The minimum atomic E-state index is -1.36. The van der Waals surface area contributed by atoms with E-state index in [0.717, 1.165) is 19.3 Å². The fraction of sp³-hybridized carbons (Fsp3) is 0.528. The Morgan fingerprint density at radius 1 is 1.21 bits per heavy atom. The van der Waals surface area contributed by atoms with Gasteiger partial charge in [-0.1, -0.05) is 45.4 Å². The fourth-order valence-corrected chi connectivity index (χ4v) is 7.30. The molecule has 0 bridgehead atoms. The molecule has 2 aromatic carbocycles. The molecule has 0 saturated heterocycles. The second-order valence-electron chi connectivity index (χ2n) is 13.2. The normalized spacial score (nSPS) is 26.5. The van der Waals surface area contributed by atoms with Gasteiger partial charge < -0.3 is 34.6 Å². The maximum Gasteiger partial charge on any atom is 0.249 e. The molecule has 7 unspecified atom stereocenters. The Balaban J connectivity index is 1.54. The predicted octanol–water partition coefficient (Wildman–Crippen LogP) is 3.78. The topological polar surface area (TPSA) is 135 Å². The van der Waals surface area contributed by atoms with Gasteiger partial charge in [0.1, 0.15) is 30.9 Å². The highest BCUT2D eigenvalue weighted by atomic mass is 19.1. The molecule has 2 amide bonds. The van der Waals surface area contributed by atoms with Crippen molar-refractivity contribution in [2.45, 2.75) is 76.9 Å². The Hall–Kier alpha value is -3.80. The summed E-state index contributed by atoms with van der Waals surface area (Å²) in [7, 11) is 1.42. The van der Waals surface area contributed by atoms with Crippen molar-refractivity contribution in [3.63, 3.8) is 0 Å². The quantitative estimate of drug-likeness (QED) is 0.295. The van der Waals surface area contributed by atoms with E-state index in [9.17, 15) is 24.6 Å². The van der Waals surface area contributed by atoms with Crippen LogP contribution >= 0.6 is 0 Å². The molecule has 1 fully saturated rings. The molecule has 10 nitrogen and oxygen atoms in total. The summed E-state index contributed by atoms with van der Waals surface area (Å²) in [5, 5.41) is 24.0. The molecule has 1 saturated carbocycles. The van der Waals surface area contributed by atoms with Crippen LogP contribution < -0.4 is 14.8 Å². The zero-order chi connectivity index (χ0) is 33.8. The van der Waals surface area contributed by atoms with Gasteiger partial charge in [0.25, 0.3) is 0 Å². The van der Waals surface area contributed by atoms with Gasteiger partial charge in [-0.2, -0.15) is 0 Å². The standard InChI is InChI=1S/C36H45FN2O8/c1-20(2)24-10-9-21(3)13-29(24)46-19-31(42)39(17-23-7-5-6-8-27(23)37)28-16-26(36(44)38-11-12-40)32-25-14-22(18-41)15-30(45-4)34(25)47-35(32)33(28)43/h5-8,14-16,18,20-21,24,28-29,32-33,35,40,43H,9-13,17,19H2,1-4H3,(H,38,44). The van der Waals surface area contributed by atoms with Crippen LogP contribution in [0.4, 0.5) is 4.39 Å². The van der Waals surface area contributed by atoms with Crippen molar-refractivity contribution in [2.75, 3.05) is 26.9 Å². The number of nitrogens with one attached hydrogen (secondary N) is 1. The van der Waals surface area contributed by atoms with Gasteiger partial charge in [-0.15, -0.1) is 0 Å². The molecular formula is C36H45FN2O8. The van der Waals surface area contributed by atoms with Gasteiger partial charge in [-0.3, -0.25) is 14.4 Å². The molecule has 5 rings (SSSR count). The minimum Gasteiger partial charge on any atom is -0.493 e. The minimum absolute atomic E-state index is 0.0330. The molecule has 0 radical (unpaired) electrons. The number of aliphatic hydroxyl groups is 2. The van der Waals surface area contributed by atoms with Crippen LogP contribution in [-0.4, -0.2) is 84.4 Å². The number of hydrogen-bond donors (Lipinski definition) is 3. The second kappa shape index (κ2) is 15.0. The highest BCUT2D eigenvalue weighted by molar-refractivity contribution is 5.96. The Bertz CT molecular complexity index is 1500. The van der Waals surface area contributed by atoms with E-state index in [1.165, 1.54) is 30.2 Å². The van der Waals surface area contributed by atoms with Crippen LogP contribution in [0, 0.1) is 23.6 Å². The van der Waals surface area contributed by atoms with Crippen LogP contribution in [-0.2, 0) is 20.9 Å². The molecule has 254 valence electrons. The van der Waals surface area contributed by atoms with Crippen LogP contribution in [0.1, 0.15) is 67.4 Å². The third-order valence-electron chi connectivity index (χ3n) is 9.77. The number of carbonyl (C=O) groups excluding carboxylic acids is 3. The number of methoxy groups -OCH3 is 1. The van der Waals surface area contributed by atoms with Gasteiger partial charge in [0.05, 0.1) is 31.8 Å². The number of benzene rings is 2. The van der Waals surface area contributed by atoms with E-state index in [0.29, 0.717) is 35.2 Å². The number of nitrogens with zero attached hydrogens (tertiary/aromatic N) is 1. The lowest BCUT2D eigenvalue weighted by Gasteiger charge is -2.41. The van der Waals surface area contributed by atoms with Crippen LogP contribution in [0.3, 0.4) is 0 Å². The first-order chi connectivity index (χ1) is 22.6. The number of rotatable bonds is 12. The lowest BCUT2D eigenvalue weighted by molar-refractivity contribution is -0.148. The molecule has 0 aromatic heterocycles. The summed E-state index contributed by atoms with van der Waals surface area (Å²) in [4.78, 5) is 40.9. The van der Waals surface area contributed by atoms with Crippen LogP contribution in [0.25, 0.3) is 0 Å².